The van der Waals surface area contributed by atoms with Gasteiger partial charge >= 0.3 is 0 Å². The molecule has 1 saturated carbocycles. The summed E-state index contributed by atoms with van der Waals surface area (Å²) >= 11 is 0. The van der Waals surface area contributed by atoms with E-state index in [1.54, 1.807) is 11.1 Å². The van der Waals surface area contributed by atoms with E-state index >= 15 is 0 Å². The second kappa shape index (κ2) is 7.17. The minimum Gasteiger partial charge on any atom is -0.402 e. The number of nitrogens with two attached hydrogens (primary N) is 1. The van der Waals surface area contributed by atoms with Crippen LogP contribution in [0.2, 0.25) is 0 Å². The third kappa shape index (κ3) is 3.15. The summed E-state index contributed by atoms with van der Waals surface area (Å²) < 4.78 is 0. The molecule has 4 aliphatic rings. The van der Waals surface area contributed by atoms with Gasteiger partial charge in [-0.2, -0.15) is 0 Å². The predicted molar refractivity (Wildman–Crippen MR) is 107 cm³/mol. The summed E-state index contributed by atoms with van der Waals surface area (Å²) in [5, 5.41) is 0. The Kier molecular flexibility index (Phi) is 4.93. The molecule has 0 amide bonds. The van der Waals surface area contributed by atoms with Crippen molar-refractivity contribution in [2.24, 2.45) is 35.3 Å². The first kappa shape index (κ1) is 17.2. The molecule has 135 valence electrons. The highest BCUT2D eigenvalue weighted by molar-refractivity contribution is 5.43. The first-order valence-corrected chi connectivity index (χ1v) is 10.6. The van der Waals surface area contributed by atoms with Gasteiger partial charge in [0.2, 0.25) is 0 Å². The zero-order valence-electron chi connectivity index (χ0n) is 16.0. The molecule has 4 aliphatic carbocycles. The molecule has 0 saturated heterocycles. The Labute approximate surface area is 154 Å². The van der Waals surface area contributed by atoms with Gasteiger partial charge in [0, 0.05) is 12.1 Å². The van der Waals surface area contributed by atoms with Crippen LogP contribution in [0.3, 0.4) is 0 Å². The maximum atomic E-state index is 6.07. The summed E-state index contributed by atoms with van der Waals surface area (Å²) in [5.74, 6) is 4.10. The average Bonchev–Trinajstić information content (AvgIpc) is 3.28. The van der Waals surface area contributed by atoms with Crippen molar-refractivity contribution in [3.8, 4) is 0 Å². The Morgan fingerprint density at radius 1 is 1.20 bits per heavy atom. The Bertz CT molecular complexity index is 632. The van der Waals surface area contributed by atoms with Crippen LogP contribution in [0.15, 0.2) is 46.7 Å². The van der Waals surface area contributed by atoms with Crippen LogP contribution >= 0.6 is 0 Å². The highest BCUT2D eigenvalue weighted by Gasteiger charge is 2.47. The van der Waals surface area contributed by atoms with Crippen LogP contribution < -0.4 is 5.73 Å². The fraction of sp³-hybridized carbons (Fsp3) is 0.625. The summed E-state index contributed by atoms with van der Waals surface area (Å²) in [6.45, 7) is 4.73. The summed E-state index contributed by atoms with van der Waals surface area (Å²) in [6.07, 6.45) is 22.5. The molecule has 1 radical (unpaired) electrons. The molecule has 4 rings (SSSR count). The van der Waals surface area contributed by atoms with Gasteiger partial charge in [-0.1, -0.05) is 62.5 Å². The molecule has 1 heteroatoms. The molecule has 2 N–H and O–H groups in total. The van der Waals surface area contributed by atoms with Gasteiger partial charge in [0.15, 0.2) is 0 Å². The van der Waals surface area contributed by atoms with E-state index in [9.17, 15) is 0 Å². The van der Waals surface area contributed by atoms with Crippen molar-refractivity contribution in [3.05, 3.63) is 53.1 Å². The highest BCUT2D eigenvalue weighted by Crippen LogP contribution is 2.55. The summed E-state index contributed by atoms with van der Waals surface area (Å²) in [5.41, 5.74) is 12.0. The van der Waals surface area contributed by atoms with E-state index in [0.717, 1.165) is 35.3 Å². The maximum absolute atomic E-state index is 6.07. The van der Waals surface area contributed by atoms with Crippen molar-refractivity contribution < 1.29 is 0 Å². The first-order valence-electron chi connectivity index (χ1n) is 10.6. The number of hydrogen-bond donors (Lipinski definition) is 1. The minimum absolute atomic E-state index is 0.740. The quantitative estimate of drug-likeness (QED) is 0.596. The second-order valence-corrected chi connectivity index (χ2v) is 8.73. The van der Waals surface area contributed by atoms with Crippen LogP contribution in [-0.2, 0) is 0 Å². The van der Waals surface area contributed by atoms with Gasteiger partial charge in [-0.05, 0) is 73.3 Å². The lowest BCUT2D eigenvalue weighted by Crippen LogP contribution is -2.43. The molecule has 0 bridgehead atoms. The molecule has 0 aromatic heterocycles. The fourth-order valence-electron chi connectivity index (χ4n) is 6.12. The van der Waals surface area contributed by atoms with E-state index in [4.69, 9.17) is 5.73 Å². The molecule has 5 atom stereocenters. The fourth-order valence-corrected chi connectivity index (χ4v) is 6.12. The highest BCUT2D eigenvalue weighted by atomic mass is 14.6. The predicted octanol–water partition coefficient (Wildman–Crippen LogP) is 6.11. The molecular formula is C24H34N. The molecule has 25 heavy (non-hydrogen) atoms. The average molecular weight is 337 g/mol. The molecule has 0 heterocycles. The number of hydrogen-bond acceptors (Lipinski definition) is 1. The van der Waals surface area contributed by atoms with Crippen molar-refractivity contribution in [3.63, 3.8) is 0 Å². The zero-order valence-corrected chi connectivity index (χ0v) is 16.0. The van der Waals surface area contributed by atoms with Gasteiger partial charge in [-0.15, -0.1) is 0 Å². The van der Waals surface area contributed by atoms with Crippen LogP contribution in [-0.4, -0.2) is 0 Å². The van der Waals surface area contributed by atoms with E-state index in [2.05, 4.69) is 44.6 Å². The lowest BCUT2D eigenvalue weighted by molar-refractivity contribution is 0.0344. The summed E-state index contributed by atoms with van der Waals surface area (Å²) in [4.78, 5) is 0. The van der Waals surface area contributed by atoms with Gasteiger partial charge in [-0.25, -0.2) is 0 Å². The molecule has 4 unspecified atom stereocenters. The van der Waals surface area contributed by atoms with E-state index in [1.165, 1.54) is 56.9 Å². The van der Waals surface area contributed by atoms with Gasteiger partial charge in [-0.3, -0.25) is 0 Å². The molecule has 1 fully saturated rings. The van der Waals surface area contributed by atoms with E-state index in [0.29, 0.717) is 0 Å². The third-order valence-electron chi connectivity index (χ3n) is 7.36. The van der Waals surface area contributed by atoms with Crippen LogP contribution in [0.25, 0.3) is 0 Å². The number of rotatable bonds is 7. The van der Waals surface area contributed by atoms with Crippen molar-refractivity contribution in [1.29, 1.82) is 0 Å². The smallest absolute Gasteiger partial charge is 0.0320 e. The van der Waals surface area contributed by atoms with Crippen LogP contribution in [0, 0.1) is 36.0 Å². The topological polar surface area (TPSA) is 26.0 Å². The van der Waals surface area contributed by atoms with Gasteiger partial charge < -0.3 is 5.73 Å². The molecule has 0 aliphatic heterocycles. The Morgan fingerprint density at radius 3 is 2.80 bits per heavy atom. The standard InChI is InChI=1S/C24H34N/c1-3-6-16(4-2)23-15-20(24(23)19-11-12-21(25)14-19)13-18-10-9-17-7-5-8-22(17)18/h9-12,14,16,18,20,23-24H,3-8,13,15,25H2,1-2H3/t16?,18?,20?,23-,24?/m0/s1. The SMILES string of the molecule is CCCC(CC)[C@@H]1CC(CC2C=CC3=C2CCC3)C1C1=CC=C(N)[CH]1. The Balaban J connectivity index is 1.47. The van der Waals surface area contributed by atoms with Crippen LogP contribution in [0.4, 0.5) is 0 Å². The zero-order chi connectivity index (χ0) is 17.4. The normalized spacial score (nSPS) is 34.8. The van der Waals surface area contributed by atoms with Gasteiger partial charge in [0.1, 0.15) is 0 Å². The maximum Gasteiger partial charge on any atom is 0.0320 e. The Morgan fingerprint density at radius 2 is 2.08 bits per heavy atom. The van der Waals surface area contributed by atoms with Gasteiger partial charge in [0.05, 0.1) is 0 Å². The number of allylic oxidation sites excluding steroid dienone is 7. The third-order valence-corrected chi connectivity index (χ3v) is 7.36. The summed E-state index contributed by atoms with van der Waals surface area (Å²) in [6, 6.07) is 0. The largest absolute Gasteiger partial charge is 0.402 e. The van der Waals surface area contributed by atoms with Crippen molar-refractivity contribution in [1.82, 2.24) is 0 Å². The molecule has 1 nitrogen and oxygen atoms in total. The van der Waals surface area contributed by atoms with Crippen molar-refractivity contribution in [2.75, 3.05) is 0 Å². The monoisotopic (exact) mass is 336 g/mol. The minimum atomic E-state index is 0.740. The lowest BCUT2D eigenvalue weighted by atomic mass is 9.54. The van der Waals surface area contributed by atoms with E-state index < -0.39 is 0 Å². The van der Waals surface area contributed by atoms with Crippen LogP contribution in [0.1, 0.15) is 65.2 Å². The molecular weight excluding hydrogens is 302 g/mol. The van der Waals surface area contributed by atoms with E-state index in [1.807, 2.05) is 0 Å². The van der Waals surface area contributed by atoms with Crippen LogP contribution in [0.5, 0.6) is 0 Å². The molecule has 0 aromatic rings. The van der Waals surface area contributed by atoms with E-state index in [-0.39, 0.29) is 0 Å². The molecule has 0 spiro atoms. The van der Waals surface area contributed by atoms with Crippen molar-refractivity contribution in [2.45, 2.75) is 65.2 Å². The molecule has 0 aromatic carbocycles. The van der Waals surface area contributed by atoms with Gasteiger partial charge in [0.25, 0.3) is 0 Å². The second-order valence-electron chi connectivity index (χ2n) is 8.73. The van der Waals surface area contributed by atoms with Crippen molar-refractivity contribution >= 4 is 0 Å². The Hall–Kier alpha value is -1.24. The first-order chi connectivity index (χ1) is 12.2. The summed E-state index contributed by atoms with van der Waals surface area (Å²) in [7, 11) is 0. The lowest BCUT2D eigenvalue weighted by Gasteiger charge is -2.50.